The van der Waals surface area contributed by atoms with Crippen molar-refractivity contribution in [3.63, 3.8) is 0 Å². The van der Waals surface area contributed by atoms with Gasteiger partial charge in [0, 0.05) is 25.0 Å². The van der Waals surface area contributed by atoms with E-state index in [-0.39, 0.29) is 0 Å². The highest BCUT2D eigenvalue weighted by Crippen LogP contribution is 2.34. The number of rotatable bonds is 3. The zero-order valence-electron chi connectivity index (χ0n) is 12.9. The predicted octanol–water partition coefficient (Wildman–Crippen LogP) is 3.65. The maximum absolute atomic E-state index is 9.38. The number of nitrogens with zero attached hydrogens (tertiary/aromatic N) is 3. The zero-order valence-corrected chi connectivity index (χ0v) is 12.9. The van der Waals surface area contributed by atoms with E-state index < -0.39 is 0 Å². The predicted molar refractivity (Wildman–Crippen MR) is 91.3 cm³/mol. The molecule has 4 heteroatoms. The first kappa shape index (κ1) is 13.8. The normalized spacial score (nSPS) is 17.5. The van der Waals surface area contributed by atoms with Gasteiger partial charge in [0.1, 0.15) is 11.7 Å². The van der Waals surface area contributed by atoms with Crippen LogP contribution in [-0.2, 0) is 6.42 Å². The van der Waals surface area contributed by atoms with Gasteiger partial charge in [-0.05, 0) is 30.9 Å². The molecule has 0 radical (unpaired) electrons. The first-order chi connectivity index (χ1) is 11.4. The smallest absolute Gasteiger partial charge is 0.140 e. The molecule has 114 valence electrons. The number of hydrogen-bond donors (Lipinski definition) is 1. The Hall–Kier alpha value is -2.80. The van der Waals surface area contributed by atoms with Crippen LogP contribution in [-0.4, -0.2) is 22.6 Å². The van der Waals surface area contributed by atoms with Crippen molar-refractivity contribution >= 4 is 16.7 Å². The fourth-order valence-electron chi connectivity index (χ4n) is 3.62. The Kier molecular flexibility index (Phi) is 3.47. The second-order valence-corrected chi connectivity index (χ2v) is 6.05. The summed E-state index contributed by atoms with van der Waals surface area (Å²) >= 11 is 0. The third-order valence-electron chi connectivity index (χ3n) is 4.67. The van der Waals surface area contributed by atoms with Crippen LogP contribution < -0.4 is 4.90 Å². The van der Waals surface area contributed by atoms with Gasteiger partial charge in [-0.1, -0.05) is 30.3 Å². The van der Waals surface area contributed by atoms with Gasteiger partial charge in [0.2, 0.25) is 0 Å². The molecule has 1 N–H and O–H groups in total. The van der Waals surface area contributed by atoms with Crippen LogP contribution in [0.5, 0.6) is 0 Å². The lowest BCUT2D eigenvalue weighted by atomic mass is 10.0. The summed E-state index contributed by atoms with van der Waals surface area (Å²) in [6.45, 7) is 1.03. The Morgan fingerprint density at radius 2 is 2.13 bits per heavy atom. The van der Waals surface area contributed by atoms with Crippen molar-refractivity contribution in [3.05, 3.63) is 59.9 Å². The van der Waals surface area contributed by atoms with E-state index >= 15 is 0 Å². The number of benzene rings is 1. The van der Waals surface area contributed by atoms with E-state index in [0.29, 0.717) is 11.6 Å². The summed E-state index contributed by atoms with van der Waals surface area (Å²) < 4.78 is 0. The number of nitriles is 1. The molecule has 0 aliphatic carbocycles. The van der Waals surface area contributed by atoms with E-state index in [9.17, 15) is 5.26 Å². The van der Waals surface area contributed by atoms with Crippen molar-refractivity contribution in [2.75, 3.05) is 11.4 Å². The van der Waals surface area contributed by atoms with Crippen LogP contribution in [0.25, 0.3) is 11.0 Å². The molecule has 1 aromatic carbocycles. The monoisotopic (exact) mass is 302 g/mol. The average molecular weight is 302 g/mol. The quantitative estimate of drug-likeness (QED) is 0.803. The van der Waals surface area contributed by atoms with Gasteiger partial charge in [0.15, 0.2) is 0 Å². The standard InChI is InChI=1S/C19H18N4/c20-12-15-13-22-19-18(15)17(8-9-21-19)23-10-4-7-16(23)11-14-5-2-1-3-6-14/h1-3,5-6,8-9,13,16H,4,7,10-11H2,(H,21,22). The van der Waals surface area contributed by atoms with Crippen LogP contribution in [0.2, 0.25) is 0 Å². The minimum Gasteiger partial charge on any atom is -0.368 e. The molecule has 4 nitrogen and oxygen atoms in total. The Bertz CT molecular complexity index is 860. The highest BCUT2D eigenvalue weighted by molar-refractivity contribution is 5.95. The van der Waals surface area contributed by atoms with Crippen LogP contribution in [0.3, 0.4) is 0 Å². The van der Waals surface area contributed by atoms with E-state index in [4.69, 9.17) is 0 Å². The van der Waals surface area contributed by atoms with E-state index in [1.54, 1.807) is 6.20 Å². The van der Waals surface area contributed by atoms with E-state index in [1.807, 2.05) is 12.3 Å². The molecule has 1 unspecified atom stereocenters. The molecular weight excluding hydrogens is 284 g/mol. The van der Waals surface area contributed by atoms with Crippen LogP contribution in [0.15, 0.2) is 48.8 Å². The van der Waals surface area contributed by atoms with Gasteiger partial charge in [-0.3, -0.25) is 0 Å². The Morgan fingerprint density at radius 3 is 2.96 bits per heavy atom. The number of fused-ring (bicyclic) bond motifs is 1. The molecule has 0 amide bonds. The third kappa shape index (κ3) is 2.44. The van der Waals surface area contributed by atoms with Gasteiger partial charge in [-0.2, -0.15) is 5.26 Å². The molecule has 4 rings (SSSR count). The van der Waals surface area contributed by atoms with E-state index in [2.05, 4.69) is 51.3 Å². The number of nitrogens with one attached hydrogen (secondary N) is 1. The van der Waals surface area contributed by atoms with Gasteiger partial charge in [-0.25, -0.2) is 4.98 Å². The zero-order chi connectivity index (χ0) is 15.6. The third-order valence-corrected chi connectivity index (χ3v) is 4.67. The first-order valence-corrected chi connectivity index (χ1v) is 8.03. The molecule has 0 bridgehead atoms. The Labute approximate surface area is 135 Å². The average Bonchev–Trinajstić information content (AvgIpc) is 3.22. The first-order valence-electron chi connectivity index (χ1n) is 8.03. The minimum atomic E-state index is 0.476. The topological polar surface area (TPSA) is 55.7 Å². The summed E-state index contributed by atoms with van der Waals surface area (Å²) in [4.78, 5) is 9.91. The lowest BCUT2D eigenvalue weighted by Gasteiger charge is -2.27. The molecule has 0 saturated carbocycles. The number of pyridine rings is 1. The molecular formula is C19H18N4. The second kappa shape index (κ2) is 5.77. The largest absolute Gasteiger partial charge is 0.368 e. The SMILES string of the molecule is N#Cc1c[nH]c2nccc(N3CCCC3Cc3ccccc3)c12. The van der Waals surface area contributed by atoms with Crippen LogP contribution in [0.4, 0.5) is 5.69 Å². The lowest BCUT2D eigenvalue weighted by Crippen LogP contribution is -2.31. The maximum Gasteiger partial charge on any atom is 0.140 e. The van der Waals surface area contributed by atoms with Crippen molar-refractivity contribution < 1.29 is 0 Å². The van der Waals surface area contributed by atoms with Crippen molar-refractivity contribution in [1.29, 1.82) is 5.26 Å². The van der Waals surface area contributed by atoms with E-state index in [0.717, 1.165) is 29.7 Å². The molecule has 1 saturated heterocycles. The number of aromatic nitrogens is 2. The van der Waals surface area contributed by atoms with Gasteiger partial charge in [0.05, 0.1) is 16.6 Å². The van der Waals surface area contributed by atoms with Gasteiger partial charge in [-0.15, -0.1) is 0 Å². The summed E-state index contributed by atoms with van der Waals surface area (Å²) in [7, 11) is 0. The summed E-state index contributed by atoms with van der Waals surface area (Å²) in [5.74, 6) is 0. The van der Waals surface area contributed by atoms with Crippen molar-refractivity contribution in [2.45, 2.75) is 25.3 Å². The summed E-state index contributed by atoms with van der Waals surface area (Å²) in [5, 5.41) is 10.3. The number of aromatic amines is 1. The van der Waals surface area contributed by atoms with Crippen LogP contribution in [0, 0.1) is 11.3 Å². The number of hydrogen-bond acceptors (Lipinski definition) is 3. The lowest BCUT2D eigenvalue weighted by molar-refractivity contribution is 0.665. The number of H-pyrrole nitrogens is 1. The fourth-order valence-corrected chi connectivity index (χ4v) is 3.62. The van der Waals surface area contributed by atoms with Crippen LogP contribution in [0.1, 0.15) is 24.0 Å². The molecule has 3 heterocycles. The highest BCUT2D eigenvalue weighted by Gasteiger charge is 2.27. The molecule has 23 heavy (non-hydrogen) atoms. The molecule has 2 aromatic heterocycles. The van der Waals surface area contributed by atoms with Gasteiger partial charge in [0.25, 0.3) is 0 Å². The van der Waals surface area contributed by atoms with Crippen molar-refractivity contribution in [3.8, 4) is 6.07 Å². The van der Waals surface area contributed by atoms with Gasteiger partial charge < -0.3 is 9.88 Å². The summed E-state index contributed by atoms with van der Waals surface area (Å²) in [5.41, 5.74) is 3.97. The molecule has 3 aromatic rings. The van der Waals surface area contributed by atoms with Gasteiger partial charge >= 0.3 is 0 Å². The number of anilines is 1. The Balaban J connectivity index is 1.72. The maximum atomic E-state index is 9.38. The molecule has 1 atom stereocenters. The van der Waals surface area contributed by atoms with Crippen molar-refractivity contribution in [2.24, 2.45) is 0 Å². The molecule has 1 aliphatic rings. The fraction of sp³-hybridized carbons (Fsp3) is 0.263. The van der Waals surface area contributed by atoms with Crippen LogP contribution >= 0.6 is 0 Å². The molecule has 0 spiro atoms. The summed E-state index contributed by atoms with van der Waals surface area (Å²) in [6, 6.07) is 15.4. The van der Waals surface area contributed by atoms with E-state index in [1.165, 1.54) is 18.4 Å². The molecule has 1 aliphatic heterocycles. The second-order valence-electron chi connectivity index (χ2n) is 6.05. The highest BCUT2D eigenvalue weighted by atomic mass is 15.2. The Morgan fingerprint density at radius 1 is 1.26 bits per heavy atom. The minimum absolute atomic E-state index is 0.476. The summed E-state index contributed by atoms with van der Waals surface area (Å²) in [6.07, 6.45) is 6.99. The van der Waals surface area contributed by atoms with Crippen molar-refractivity contribution in [1.82, 2.24) is 9.97 Å². The molecule has 1 fully saturated rings.